The predicted molar refractivity (Wildman–Crippen MR) is 115 cm³/mol. The number of hydrogen-bond donors (Lipinski definition) is 1. The van der Waals surface area contributed by atoms with Crippen LogP contribution in [0.5, 0.6) is 5.75 Å². The van der Waals surface area contributed by atoms with Crippen LogP contribution in [-0.2, 0) is 28.5 Å². The number of hydrogen-bond acceptors (Lipinski definition) is 5. The minimum Gasteiger partial charge on any atom is -0.489 e. The lowest BCUT2D eigenvalue weighted by Gasteiger charge is -2.28. The van der Waals surface area contributed by atoms with Gasteiger partial charge in [-0.1, -0.05) is 60.7 Å². The quantitative estimate of drug-likeness (QED) is 0.640. The maximum absolute atomic E-state index is 12.5. The van der Waals surface area contributed by atoms with Crippen molar-refractivity contribution in [3.8, 4) is 5.75 Å². The van der Waals surface area contributed by atoms with E-state index < -0.39 is 17.9 Å². The van der Waals surface area contributed by atoms with Gasteiger partial charge in [-0.2, -0.15) is 0 Å². The maximum atomic E-state index is 12.5. The molecule has 3 aromatic rings. The molecule has 4 rings (SSSR count). The van der Waals surface area contributed by atoms with Crippen molar-refractivity contribution < 1.29 is 24.1 Å². The van der Waals surface area contributed by atoms with Gasteiger partial charge in [0.1, 0.15) is 25.7 Å². The summed E-state index contributed by atoms with van der Waals surface area (Å²) in [4.78, 5) is 13.9. The van der Waals surface area contributed by atoms with Gasteiger partial charge in [0.2, 0.25) is 5.79 Å². The Kier molecular flexibility index (Phi) is 6.21. The van der Waals surface area contributed by atoms with Gasteiger partial charge in [-0.25, -0.2) is 4.79 Å². The van der Waals surface area contributed by atoms with Gasteiger partial charge in [0.25, 0.3) is 0 Å². The second-order valence-corrected chi connectivity index (χ2v) is 7.45. The zero-order chi connectivity index (χ0) is 21.7. The van der Waals surface area contributed by atoms with Crippen LogP contribution in [0.1, 0.15) is 23.6 Å². The van der Waals surface area contributed by atoms with E-state index >= 15 is 0 Å². The van der Waals surface area contributed by atoms with Gasteiger partial charge in [-0.3, -0.25) is 4.90 Å². The van der Waals surface area contributed by atoms with Crippen molar-refractivity contribution in [1.29, 1.82) is 0 Å². The van der Waals surface area contributed by atoms with Crippen molar-refractivity contribution >= 4 is 6.09 Å². The third kappa shape index (κ3) is 4.71. The summed E-state index contributed by atoms with van der Waals surface area (Å²) in [6, 6.07) is 25.8. The third-order valence-electron chi connectivity index (χ3n) is 5.41. The summed E-state index contributed by atoms with van der Waals surface area (Å²) in [7, 11) is 0. The Bertz CT molecular complexity index is 993. The summed E-state index contributed by atoms with van der Waals surface area (Å²) >= 11 is 0. The van der Waals surface area contributed by atoms with E-state index in [2.05, 4.69) is 0 Å². The number of rotatable bonds is 6. The summed E-state index contributed by atoms with van der Waals surface area (Å²) in [5.74, 6) is -0.940. The molecular weight excluding hydrogens is 394 g/mol. The van der Waals surface area contributed by atoms with Crippen molar-refractivity contribution in [2.75, 3.05) is 6.73 Å². The van der Waals surface area contributed by atoms with E-state index in [0.717, 1.165) is 11.1 Å². The van der Waals surface area contributed by atoms with Crippen LogP contribution in [0.3, 0.4) is 0 Å². The minimum atomic E-state index is -1.62. The van der Waals surface area contributed by atoms with Crippen LogP contribution in [0, 0.1) is 0 Å². The van der Waals surface area contributed by atoms with E-state index in [0.29, 0.717) is 17.9 Å². The van der Waals surface area contributed by atoms with Gasteiger partial charge in [0.05, 0.1) is 6.04 Å². The average molecular weight is 419 g/mol. The van der Waals surface area contributed by atoms with E-state index in [1.165, 1.54) is 4.90 Å². The molecule has 0 spiro atoms. The molecule has 2 atom stereocenters. The molecule has 1 fully saturated rings. The lowest BCUT2D eigenvalue weighted by Crippen LogP contribution is -2.43. The van der Waals surface area contributed by atoms with E-state index in [9.17, 15) is 9.90 Å². The molecule has 0 aromatic heterocycles. The molecule has 1 amide bonds. The van der Waals surface area contributed by atoms with Crippen molar-refractivity contribution in [1.82, 2.24) is 4.90 Å². The molecule has 31 heavy (non-hydrogen) atoms. The van der Waals surface area contributed by atoms with Crippen molar-refractivity contribution in [3.05, 3.63) is 102 Å². The lowest BCUT2D eigenvalue weighted by atomic mass is 9.99. The molecule has 0 bridgehead atoms. The normalized spacial score (nSPS) is 20.5. The van der Waals surface area contributed by atoms with Gasteiger partial charge in [-0.05, 0) is 42.3 Å². The van der Waals surface area contributed by atoms with Gasteiger partial charge in [0, 0.05) is 5.56 Å². The highest BCUT2D eigenvalue weighted by Crippen LogP contribution is 2.36. The van der Waals surface area contributed by atoms with Crippen molar-refractivity contribution in [2.24, 2.45) is 0 Å². The summed E-state index contributed by atoms with van der Waals surface area (Å²) in [5, 5.41) is 11.1. The monoisotopic (exact) mass is 419 g/mol. The highest BCUT2D eigenvalue weighted by Gasteiger charge is 2.48. The third-order valence-corrected chi connectivity index (χ3v) is 5.41. The number of nitrogens with zero attached hydrogens (tertiary/aromatic N) is 1. The summed E-state index contributed by atoms with van der Waals surface area (Å²) in [5.41, 5.74) is 2.51. The zero-order valence-electron chi connectivity index (χ0n) is 17.3. The SMILES string of the molecule is CC1N(C(=O)OCc2ccccc2)COC1(O)c1ccc(OCc2ccccc2)cc1. The number of amides is 1. The molecule has 3 aromatic carbocycles. The first-order chi connectivity index (χ1) is 15.1. The zero-order valence-corrected chi connectivity index (χ0v) is 17.3. The molecule has 0 radical (unpaired) electrons. The Morgan fingerprint density at radius 3 is 2.16 bits per heavy atom. The van der Waals surface area contributed by atoms with Gasteiger partial charge in [0.15, 0.2) is 0 Å². The van der Waals surface area contributed by atoms with E-state index in [-0.39, 0.29) is 13.3 Å². The average Bonchev–Trinajstić information content (AvgIpc) is 3.13. The second kappa shape index (κ2) is 9.20. The van der Waals surface area contributed by atoms with Crippen LogP contribution in [0.15, 0.2) is 84.9 Å². The molecule has 1 aliphatic heterocycles. The van der Waals surface area contributed by atoms with E-state index in [4.69, 9.17) is 14.2 Å². The van der Waals surface area contributed by atoms with E-state index in [1.807, 2.05) is 60.7 Å². The molecule has 0 saturated carbocycles. The fraction of sp³-hybridized carbons (Fsp3) is 0.240. The maximum Gasteiger partial charge on any atom is 0.412 e. The smallest absolute Gasteiger partial charge is 0.412 e. The minimum absolute atomic E-state index is 0.0580. The largest absolute Gasteiger partial charge is 0.489 e. The second-order valence-electron chi connectivity index (χ2n) is 7.45. The molecule has 0 aliphatic carbocycles. The van der Waals surface area contributed by atoms with Crippen LogP contribution in [0.25, 0.3) is 0 Å². The van der Waals surface area contributed by atoms with Crippen molar-refractivity contribution in [3.63, 3.8) is 0 Å². The highest BCUT2D eigenvalue weighted by molar-refractivity contribution is 5.68. The Balaban J connectivity index is 1.37. The molecule has 1 N–H and O–H groups in total. The van der Waals surface area contributed by atoms with Crippen LogP contribution < -0.4 is 4.74 Å². The van der Waals surface area contributed by atoms with Gasteiger partial charge < -0.3 is 19.3 Å². The van der Waals surface area contributed by atoms with Crippen LogP contribution in [0.2, 0.25) is 0 Å². The first-order valence-electron chi connectivity index (χ1n) is 10.2. The molecule has 1 aliphatic rings. The molecule has 6 nitrogen and oxygen atoms in total. The molecular formula is C25H25NO5. The number of benzene rings is 3. The summed E-state index contributed by atoms with van der Waals surface area (Å²) < 4.78 is 16.8. The fourth-order valence-electron chi connectivity index (χ4n) is 3.48. The first-order valence-corrected chi connectivity index (χ1v) is 10.2. The molecule has 2 unspecified atom stereocenters. The molecule has 1 saturated heterocycles. The van der Waals surface area contributed by atoms with Crippen LogP contribution in [-0.4, -0.2) is 28.9 Å². The fourth-order valence-corrected chi connectivity index (χ4v) is 3.48. The highest BCUT2D eigenvalue weighted by atomic mass is 16.7. The van der Waals surface area contributed by atoms with Crippen LogP contribution in [0.4, 0.5) is 4.79 Å². The van der Waals surface area contributed by atoms with Crippen LogP contribution >= 0.6 is 0 Å². The van der Waals surface area contributed by atoms with E-state index in [1.54, 1.807) is 31.2 Å². The Morgan fingerprint density at radius 1 is 0.968 bits per heavy atom. The molecule has 6 heteroatoms. The van der Waals surface area contributed by atoms with Gasteiger partial charge >= 0.3 is 6.09 Å². The Hall–Kier alpha value is -3.35. The summed E-state index contributed by atoms with van der Waals surface area (Å²) in [6.07, 6.45) is -0.532. The Morgan fingerprint density at radius 2 is 1.55 bits per heavy atom. The first kappa shape index (κ1) is 20.9. The lowest BCUT2D eigenvalue weighted by molar-refractivity contribution is -0.185. The summed E-state index contributed by atoms with van der Waals surface area (Å²) in [6.45, 7) is 2.29. The predicted octanol–water partition coefficient (Wildman–Crippen LogP) is 4.43. The Labute approximate surface area is 181 Å². The van der Waals surface area contributed by atoms with Gasteiger partial charge in [-0.15, -0.1) is 0 Å². The number of aliphatic hydroxyl groups is 1. The standard InChI is InChI=1S/C25H25NO5/c1-19-25(28,31-18-26(19)24(27)30-17-21-10-6-3-7-11-21)22-12-14-23(15-13-22)29-16-20-8-4-2-5-9-20/h2-15,19,28H,16-18H2,1H3. The molecule has 1 heterocycles. The van der Waals surface area contributed by atoms with Crippen molar-refractivity contribution in [2.45, 2.75) is 32.0 Å². The topological polar surface area (TPSA) is 68.2 Å². The molecule has 160 valence electrons. The number of carbonyl (C=O) groups excluding carboxylic acids is 1. The number of ether oxygens (including phenoxy) is 3. The number of carbonyl (C=O) groups is 1.